The molecule has 0 saturated heterocycles. The molecule has 1 aromatic rings. The summed E-state index contributed by atoms with van der Waals surface area (Å²) < 4.78 is 0.733. The van der Waals surface area contributed by atoms with E-state index in [1.165, 1.54) is 11.3 Å². The second-order valence-electron chi connectivity index (χ2n) is 1.80. The summed E-state index contributed by atoms with van der Waals surface area (Å²) in [7, 11) is -1.40. The molecule has 0 aromatic carbocycles. The lowest BCUT2D eigenvalue weighted by atomic mass is 10.5. The Kier molecular flexibility index (Phi) is 3.07. The highest BCUT2D eigenvalue weighted by Crippen LogP contribution is 2.20. The summed E-state index contributed by atoms with van der Waals surface area (Å²) in [6.07, 6.45) is 0. The fraction of sp³-hybridized carbons (Fsp3) is 0.200. The van der Waals surface area contributed by atoms with Gasteiger partial charge < -0.3 is 0 Å². The van der Waals surface area contributed by atoms with E-state index in [9.17, 15) is 0 Å². The quantitative estimate of drug-likeness (QED) is 0.514. The van der Waals surface area contributed by atoms with E-state index in [1.54, 1.807) is 0 Å². The first-order valence-electron chi connectivity index (χ1n) is 2.55. The van der Waals surface area contributed by atoms with Gasteiger partial charge in [0.2, 0.25) is 0 Å². The van der Waals surface area contributed by atoms with Gasteiger partial charge in [-0.05, 0) is 13.0 Å². The Hall–Kier alpha value is 0.787. The third-order valence-electron chi connectivity index (χ3n) is 1.01. The van der Waals surface area contributed by atoms with Crippen molar-refractivity contribution >= 4 is 57.7 Å². The third-order valence-corrected chi connectivity index (χ3v) is 4.65. The van der Waals surface area contributed by atoms with E-state index >= 15 is 0 Å². The fourth-order valence-electron chi connectivity index (χ4n) is 0.615. The van der Waals surface area contributed by atoms with Gasteiger partial charge in [0, 0.05) is 10.1 Å². The van der Waals surface area contributed by atoms with Crippen LogP contribution < -0.4 is 5.19 Å². The van der Waals surface area contributed by atoms with Crippen molar-refractivity contribution in [1.29, 1.82) is 0 Å². The second kappa shape index (κ2) is 3.46. The lowest BCUT2D eigenvalue weighted by molar-refractivity contribution is 1.66. The third kappa shape index (κ3) is 1.89. The minimum Gasteiger partial charge on any atom is -0.140 e. The lowest BCUT2D eigenvalue weighted by Gasteiger charge is -1.91. The zero-order valence-electron chi connectivity index (χ0n) is 5.12. The number of thiophene rings is 1. The minimum absolute atomic E-state index is 0.733. The Morgan fingerprint density at radius 2 is 2.10 bits per heavy atom. The molecule has 0 nitrogen and oxygen atoms in total. The van der Waals surface area contributed by atoms with Crippen molar-refractivity contribution in [2.45, 2.75) is 6.92 Å². The van der Waals surface area contributed by atoms with Crippen molar-refractivity contribution in [2.24, 2.45) is 0 Å². The minimum atomic E-state index is -1.40. The molecule has 1 aromatic heterocycles. The molecule has 0 bridgehead atoms. The predicted molar refractivity (Wildman–Crippen MR) is 51.2 cm³/mol. The van der Waals surface area contributed by atoms with Gasteiger partial charge in [-0.2, -0.15) is 0 Å². The summed E-state index contributed by atoms with van der Waals surface area (Å²) in [4.78, 5) is 1.16. The number of aryl methyl sites for hydroxylation is 1. The van der Waals surface area contributed by atoms with Crippen LogP contribution in [0.5, 0.6) is 0 Å². The van der Waals surface area contributed by atoms with Gasteiger partial charge in [-0.3, -0.25) is 0 Å². The topological polar surface area (TPSA) is 0 Å². The zero-order valence-corrected chi connectivity index (χ0v) is 9.20. The van der Waals surface area contributed by atoms with Crippen LogP contribution in [0.4, 0.5) is 0 Å². The average molecular weight is 231 g/mol. The van der Waals surface area contributed by atoms with Crippen LogP contribution in [-0.4, -0.2) is 7.42 Å². The van der Waals surface area contributed by atoms with Crippen LogP contribution in [0.15, 0.2) is 6.07 Å². The van der Waals surface area contributed by atoms with E-state index in [4.69, 9.17) is 33.8 Å². The number of hydrogen-bond donors (Lipinski definition) is 0. The van der Waals surface area contributed by atoms with Crippen LogP contribution in [-0.2, 0) is 0 Å². The Balaban J connectivity index is 3.03. The highest BCUT2D eigenvalue weighted by atomic mass is 35.7. The molecule has 1 radical (unpaired) electrons. The molecule has 0 amide bonds. The molecule has 0 N–H and O–H groups in total. The van der Waals surface area contributed by atoms with Crippen LogP contribution >= 0.6 is 45.1 Å². The second-order valence-corrected chi connectivity index (χ2v) is 7.57. The van der Waals surface area contributed by atoms with Crippen molar-refractivity contribution < 1.29 is 0 Å². The molecule has 0 aliphatic heterocycles. The van der Waals surface area contributed by atoms with E-state index in [1.807, 2.05) is 13.0 Å². The van der Waals surface area contributed by atoms with Crippen molar-refractivity contribution in [3.05, 3.63) is 15.3 Å². The summed E-state index contributed by atoms with van der Waals surface area (Å²) in [6, 6.07) is 1.95. The maximum Gasteiger partial charge on any atom is 0.309 e. The van der Waals surface area contributed by atoms with E-state index in [2.05, 4.69) is 0 Å². The Bertz CT molecular complexity index is 233. The van der Waals surface area contributed by atoms with Gasteiger partial charge in [-0.15, -0.1) is 33.5 Å². The van der Waals surface area contributed by atoms with Crippen LogP contribution in [0, 0.1) is 6.92 Å². The smallest absolute Gasteiger partial charge is 0.140 e. The van der Waals surface area contributed by atoms with Crippen LogP contribution in [0.3, 0.4) is 0 Å². The lowest BCUT2D eigenvalue weighted by Crippen LogP contribution is -2.16. The number of rotatable bonds is 1. The van der Waals surface area contributed by atoms with E-state index in [0.29, 0.717) is 0 Å². The highest BCUT2D eigenvalue weighted by molar-refractivity contribution is 7.41. The molecule has 1 rings (SSSR count). The molecule has 0 atom stereocenters. The van der Waals surface area contributed by atoms with Crippen molar-refractivity contribution in [3.63, 3.8) is 0 Å². The highest BCUT2D eigenvalue weighted by Gasteiger charge is 2.14. The van der Waals surface area contributed by atoms with Gasteiger partial charge in [0.15, 0.2) is 0 Å². The van der Waals surface area contributed by atoms with E-state index in [0.717, 1.165) is 14.4 Å². The van der Waals surface area contributed by atoms with Gasteiger partial charge in [-0.1, -0.05) is 11.6 Å². The van der Waals surface area contributed by atoms with Crippen molar-refractivity contribution in [2.75, 3.05) is 0 Å². The molecule has 0 aliphatic carbocycles. The summed E-state index contributed by atoms with van der Waals surface area (Å²) in [6.45, 7) is 1.98. The first kappa shape index (κ1) is 8.88. The Labute approximate surface area is 79.7 Å². The van der Waals surface area contributed by atoms with Crippen LogP contribution in [0.25, 0.3) is 0 Å². The SMILES string of the molecule is Cc1cc([Si](Cl)Cl)c(Cl)s1. The molecular weight excluding hydrogens is 227 g/mol. The molecule has 0 unspecified atom stereocenters. The normalized spacial score (nSPS) is 10.9. The molecule has 5 heteroatoms. The molecule has 10 heavy (non-hydrogen) atoms. The van der Waals surface area contributed by atoms with Crippen LogP contribution in [0.1, 0.15) is 4.88 Å². The Morgan fingerprint density at radius 1 is 1.50 bits per heavy atom. The summed E-state index contributed by atoms with van der Waals surface area (Å²) in [5.41, 5.74) is 0. The van der Waals surface area contributed by atoms with Gasteiger partial charge in [-0.25, -0.2) is 0 Å². The van der Waals surface area contributed by atoms with E-state index < -0.39 is 7.42 Å². The molecule has 0 spiro atoms. The van der Waals surface area contributed by atoms with Gasteiger partial charge in [0.25, 0.3) is 0 Å². The molecule has 0 aliphatic rings. The molecule has 55 valence electrons. The largest absolute Gasteiger partial charge is 0.309 e. The summed E-state index contributed by atoms with van der Waals surface area (Å²) in [5, 5.41) is 0.914. The number of halogens is 3. The molecular formula is C5H4Cl3SSi. The van der Waals surface area contributed by atoms with Crippen molar-refractivity contribution in [3.8, 4) is 0 Å². The monoisotopic (exact) mass is 229 g/mol. The summed E-state index contributed by atoms with van der Waals surface area (Å²) in [5.74, 6) is 0. The molecule has 0 saturated carbocycles. The van der Waals surface area contributed by atoms with Crippen molar-refractivity contribution in [1.82, 2.24) is 0 Å². The molecule has 0 fully saturated rings. The maximum absolute atomic E-state index is 5.82. The standard InChI is InChI=1S/C5H4Cl3SSi/c1-3-2-4(10(7)8)5(6)9-3/h2H,1H3. The average Bonchev–Trinajstić information content (AvgIpc) is 2.10. The first-order valence-corrected chi connectivity index (χ1v) is 7.27. The van der Waals surface area contributed by atoms with Gasteiger partial charge in [0.05, 0.1) is 4.34 Å². The van der Waals surface area contributed by atoms with Gasteiger partial charge >= 0.3 is 7.42 Å². The summed E-state index contributed by atoms with van der Waals surface area (Å²) >= 11 is 18.8. The predicted octanol–water partition coefficient (Wildman–Crippen LogP) is 2.88. The zero-order chi connectivity index (χ0) is 7.72. The molecule has 1 heterocycles. The van der Waals surface area contributed by atoms with Gasteiger partial charge in [0.1, 0.15) is 0 Å². The fourth-order valence-corrected chi connectivity index (χ4v) is 4.50. The maximum atomic E-state index is 5.82. The van der Waals surface area contributed by atoms with Crippen LogP contribution in [0.2, 0.25) is 4.34 Å². The number of hydrogen-bond acceptors (Lipinski definition) is 1. The Morgan fingerprint density at radius 3 is 2.30 bits per heavy atom. The first-order chi connectivity index (χ1) is 4.61. The van der Waals surface area contributed by atoms with E-state index in [-0.39, 0.29) is 0 Å².